The molecule has 5 aromatic rings. The van der Waals surface area contributed by atoms with Gasteiger partial charge in [0.05, 0.1) is 12.2 Å². The maximum Gasteiger partial charge on any atom is 0.270 e. The quantitative estimate of drug-likeness (QED) is 0.210. The fourth-order valence-corrected chi connectivity index (χ4v) is 4.76. The van der Waals surface area contributed by atoms with E-state index in [2.05, 4.69) is 35.2 Å². The van der Waals surface area contributed by atoms with Crippen molar-refractivity contribution in [2.24, 2.45) is 0 Å². The Morgan fingerprint density at radius 2 is 1.81 bits per heavy atom. The average Bonchev–Trinajstić information content (AvgIpc) is 3.56. The van der Waals surface area contributed by atoms with Crippen molar-refractivity contribution < 1.29 is 13.2 Å². The summed E-state index contributed by atoms with van der Waals surface area (Å²) in [7, 11) is -2.67. The number of nitrogens with zero attached hydrogens (tertiary/aromatic N) is 4. The number of likely N-dealkylation sites (tertiary alicyclic amines) is 1. The summed E-state index contributed by atoms with van der Waals surface area (Å²) in [5.74, 6) is 1.04. The summed E-state index contributed by atoms with van der Waals surface area (Å²) in [5, 5.41) is 11.0. The highest BCUT2D eigenvalue weighted by atomic mass is 32.2. The van der Waals surface area contributed by atoms with Crippen LogP contribution in [0.5, 0.6) is 0 Å². The van der Waals surface area contributed by atoms with Gasteiger partial charge in [0, 0.05) is 53.2 Å². The van der Waals surface area contributed by atoms with Crippen LogP contribution in [0.1, 0.15) is 10.5 Å². The van der Waals surface area contributed by atoms with Crippen molar-refractivity contribution in [2.45, 2.75) is 6.04 Å². The van der Waals surface area contributed by atoms with Crippen molar-refractivity contribution in [3.63, 3.8) is 0 Å². The first-order valence-electron chi connectivity index (χ1n) is 11.5. The minimum atomic E-state index is -2.67. The van der Waals surface area contributed by atoms with Crippen molar-refractivity contribution in [2.75, 3.05) is 18.4 Å². The summed E-state index contributed by atoms with van der Waals surface area (Å²) in [6.07, 6.45) is 5.32. The summed E-state index contributed by atoms with van der Waals surface area (Å²) < 4.78 is 24.0. The van der Waals surface area contributed by atoms with E-state index in [1.54, 1.807) is 29.4 Å². The molecule has 0 aliphatic carbocycles. The molecule has 186 valence electrons. The molecule has 2 aromatic carbocycles. The van der Waals surface area contributed by atoms with E-state index < -0.39 is 10.9 Å². The van der Waals surface area contributed by atoms with Crippen molar-refractivity contribution in [1.29, 1.82) is 0 Å². The van der Waals surface area contributed by atoms with Crippen LogP contribution in [0.4, 0.5) is 11.5 Å². The molecule has 4 heterocycles. The van der Waals surface area contributed by atoms with Crippen molar-refractivity contribution in [1.82, 2.24) is 34.8 Å². The molecule has 1 saturated heterocycles. The predicted molar refractivity (Wildman–Crippen MR) is 140 cm³/mol. The van der Waals surface area contributed by atoms with Crippen molar-refractivity contribution >= 4 is 39.2 Å². The van der Waals surface area contributed by atoms with Gasteiger partial charge in [-0.3, -0.25) is 9.89 Å². The zero-order valence-electron chi connectivity index (χ0n) is 19.4. The van der Waals surface area contributed by atoms with Gasteiger partial charge in [0.25, 0.3) is 5.91 Å². The molecule has 0 unspecified atom stereocenters. The molecule has 1 aliphatic heterocycles. The molecule has 0 bridgehead atoms. The number of amides is 1. The molecule has 0 spiro atoms. The number of benzene rings is 2. The Kier molecular flexibility index (Phi) is 5.87. The van der Waals surface area contributed by atoms with Gasteiger partial charge in [-0.2, -0.15) is 5.10 Å². The lowest BCUT2D eigenvalue weighted by Gasteiger charge is -2.38. The smallest absolute Gasteiger partial charge is 0.270 e. The zero-order valence-corrected chi connectivity index (χ0v) is 20.3. The molecule has 1 amide bonds. The topological polar surface area (TPSA) is 149 Å². The summed E-state index contributed by atoms with van der Waals surface area (Å²) in [6.45, 7) is 0.699. The summed E-state index contributed by atoms with van der Waals surface area (Å²) in [6, 6.07) is 17.1. The molecule has 6 rings (SSSR count). The van der Waals surface area contributed by atoms with E-state index in [9.17, 15) is 13.2 Å². The highest BCUT2D eigenvalue weighted by Gasteiger charge is 2.32. The number of aromatic nitrogens is 5. The minimum Gasteiger partial charge on any atom is -0.351 e. The van der Waals surface area contributed by atoms with E-state index in [0.717, 1.165) is 33.3 Å². The molecular weight excluding hydrogens is 492 g/mol. The lowest BCUT2D eigenvalue weighted by Crippen LogP contribution is -2.59. The molecule has 12 heteroatoms. The maximum atomic E-state index is 12.8. The van der Waals surface area contributed by atoms with Crippen LogP contribution < -0.4 is 10.0 Å². The largest absolute Gasteiger partial charge is 0.351 e. The average molecular weight is 515 g/mol. The molecule has 37 heavy (non-hydrogen) atoms. The second-order valence-corrected chi connectivity index (χ2v) is 9.51. The van der Waals surface area contributed by atoms with E-state index in [1.165, 1.54) is 0 Å². The predicted octanol–water partition coefficient (Wildman–Crippen LogP) is 2.70. The Morgan fingerprint density at radius 3 is 2.57 bits per heavy atom. The number of carbonyl (C=O) groups is 1. The second kappa shape index (κ2) is 9.48. The Labute approximate surface area is 213 Å². The van der Waals surface area contributed by atoms with Gasteiger partial charge in [-0.15, -0.1) is 0 Å². The first kappa shape index (κ1) is 22.9. The van der Waals surface area contributed by atoms with Gasteiger partial charge in [0.1, 0.15) is 11.5 Å². The number of nitrogens with one attached hydrogen (secondary N) is 4. The van der Waals surface area contributed by atoms with E-state index in [4.69, 9.17) is 0 Å². The monoisotopic (exact) mass is 514 g/mol. The molecule has 0 saturated carbocycles. The van der Waals surface area contributed by atoms with Crippen LogP contribution >= 0.6 is 0 Å². The lowest BCUT2D eigenvalue weighted by molar-refractivity contribution is 0.0588. The number of thiol groups is 1. The third-order valence-corrected chi connectivity index (χ3v) is 6.79. The third-order valence-electron chi connectivity index (χ3n) is 6.21. The van der Waals surface area contributed by atoms with Crippen LogP contribution in [0, 0.1) is 0 Å². The van der Waals surface area contributed by atoms with E-state index >= 15 is 0 Å². The SMILES string of the molecule is O=C(c1cc2ccc(-c3nccc(Nc4ccc(-c5cn[nH]c5)cc4)n3)cc2[nH]1)N1CC(N[SH](=O)=O)C1. The number of carbonyl (C=O) groups excluding carboxylic acids is 1. The van der Waals surface area contributed by atoms with Crippen LogP contribution in [0.3, 0.4) is 0 Å². The Balaban J connectivity index is 1.17. The molecule has 3 aromatic heterocycles. The Hall–Kier alpha value is -4.55. The van der Waals surface area contributed by atoms with Crippen LogP contribution in [0.25, 0.3) is 33.4 Å². The van der Waals surface area contributed by atoms with Gasteiger partial charge in [-0.05, 0) is 35.9 Å². The maximum absolute atomic E-state index is 12.8. The van der Waals surface area contributed by atoms with Crippen molar-refractivity contribution in [3.05, 3.63) is 78.9 Å². The number of anilines is 2. The number of hydrogen-bond acceptors (Lipinski definition) is 7. The van der Waals surface area contributed by atoms with E-state index in [-0.39, 0.29) is 11.9 Å². The molecule has 1 fully saturated rings. The number of H-pyrrole nitrogens is 2. The van der Waals surface area contributed by atoms with E-state index in [0.29, 0.717) is 30.4 Å². The van der Waals surface area contributed by atoms with Crippen molar-refractivity contribution in [3.8, 4) is 22.5 Å². The highest BCUT2D eigenvalue weighted by Crippen LogP contribution is 2.26. The molecule has 0 atom stereocenters. The summed E-state index contributed by atoms with van der Waals surface area (Å²) in [4.78, 5) is 26.6. The standard InChI is InChI=1S/C25H22N8O3S/c34-25(33-13-20(14-33)32-37(35)36)22-9-16-1-2-17(10-21(16)30-22)24-26-8-7-23(31-24)29-19-5-3-15(4-6-19)18-11-27-28-12-18/h1-12,20,30,37H,13-14H2,(H,27,28)(H,26,29,31)(H,32,35,36). The summed E-state index contributed by atoms with van der Waals surface area (Å²) >= 11 is 0. The third kappa shape index (κ3) is 4.79. The zero-order chi connectivity index (χ0) is 25.4. The fourth-order valence-electron chi connectivity index (χ4n) is 4.30. The normalized spacial score (nSPS) is 13.7. The Bertz CT molecular complexity index is 1650. The van der Waals surface area contributed by atoms with Gasteiger partial charge >= 0.3 is 0 Å². The number of fused-ring (bicyclic) bond motifs is 1. The highest BCUT2D eigenvalue weighted by molar-refractivity contribution is 7.70. The first-order valence-corrected chi connectivity index (χ1v) is 12.7. The molecule has 11 nitrogen and oxygen atoms in total. The number of rotatable bonds is 7. The molecular formula is C25H22N8O3S. The van der Waals surface area contributed by atoms with E-state index in [1.807, 2.05) is 48.7 Å². The van der Waals surface area contributed by atoms with Crippen LogP contribution in [-0.2, 0) is 10.9 Å². The second-order valence-electron chi connectivity index (χ2n) is 8.73. The number of hydrogen-bond donors (Lipinski definition) is 5. The first-order chi connectivity index (χ1) is 18.0. The molecule has 1 aliphatic rings. The van der Waals surface area contributed by atoms with Gasteiger partial charge in [0.2, 0.25) is 10.9 Å². The van der Waals surface area contributed by atoms with Gasteiger partial charge < -0.3 is 15.2 Å². The molecule has 4 N–H and O–H groups in total. The Morgan fingerprint density at radius 1 is 1.00 bits per heavy atom. The lowest BCUT2D eigenvalue weighted by atomic mass is 10.1. The van der Waals surface area contributed by atoms with Crippen LogP contribution in [0.15, 0.2) is 73.2 Å². The van der Waals surface area contributed by atoms with Crippen LogP contribution in [0.2, 0.25) is 0 Å². The minimum absolute atomic E-state index is 0.168. The number of aromatic amines is 2. The fraction of sp³-hybridized carbons (Fsp3) is 0.120. The van der Waals surface area contributed by atoms with Gasteiger partial charge in [-0.25, -0.2) is 23.1 Å². The summed E-state index contributed by atoms with van der Waals surface area (Å²) in [5.41, 5.74) is 5.02. The van der Waals surface area contributed by atoms with Gasteiger partial charge in [0.15, 0.2) is 5.82 Å². The van der Waals surface area contributed by atoms with Gasteiger partial charge in [-0.1, -0.05) is 24.3 Å². The molecule has 0 radical (unpaired) electrons. The van der Waals surface area contributed by atoms with Crippen LogP contribution in [-0.4, -0.2) is 63.5 Å².